The molecule has 9 heteroatoms. The van der Waals surface area contributed by atoms with Crippen molar-refractivity contribution >= 4 is 46.8 Å². The predicted molar refractivity (Wildman–Crippen MR) is 95.3 cm³/mol. The van der Waals surface area contributed by atoms with Crippen LogP contribution in [0.25, 0.3) is 0 Å². The normalized spacial score (nSPS) is 22.4. The molecule has 1 aromatic rings. The largest absolute Gasteiger partial charge is 0.495 e. The molecule has 0 saturated carbocycles. The fourth-order valence-electron chi connectivity index (χ4n) is 2.74. The molecule has 2 aliphatic rings. The summed E-state index contributed by atoms with van der Waals surface area (Å²) in [6.07, 6.45) is 0. The highest BCUT2D eigenvalue weighted by molar-refractivity contribution is 8.00. The molecule has 1 fully saturated rings. The van der Waals surface area contributed by atoms with Crippen molar-refractivity contribution in [3.05, 3.63) is 40.1 Å². The highest BCUT2D eigenvalue weighted by Crippen LogP contribution is 2.39. The first-order valence-electron chi connectivity index (χ1n) is 7.53. The first kappa shape index (κ1) is 18.4. The van der Waals surface area contributed by atoms with Gasteiger partial charge in [-0.25, -0.2) is 4.79 Å². The number of hydrogen-bond donors (Lipinski definition) is 1. The van der Waals surface area contributed by atoms with E-state index in [1.807, 2.05) is 0 Å². The van der Waals surface area contributed by atoms with E-state index in [0.29, 0.717) is 22.1 Å². The van der Waals surface area contributed by atoms with Gasteiger partial charge in [0.25, 0.3) is 5.91 Å². The maximum absolute atomic E-state index is 12.6. The minimum atomic E-state index is -0.562. The Morgan fingerprint density at radius 1 is 1.48 bits per heavy atom. The summed E-state index contributed by atoms with van der Waals surface area (Å²) in [6, 6.07) is 4.79. The second-order valence-electron chi connectivity index (χ2n) is 5.65. The highest BCUT2D eigenvalue weighted by atomic mass is 35.5. The van der Waals surface area contributed by atoms with Crippen LogP contribution in [0.5, 0.6) is 5.75 Å². The number of alkyl halides is 1. The second-order valence-corrected chi connectivity index (χ2v) is 7.43. The summed E-state index contributed by atoms with van der Waals surface area (Å²) in [6.45, 7) is 0.0370. The molecule has 0 aliphatic carbocycles. The molecule has 3 N–H and O–H groups in total. The van der Waals surface area contributed by atoms with Crippen LogP contribution in [0.15, 0.2) is 29.5 Å². The number of halogens is 2. The molecular formula is C16H17Cl2N2O4S+. The number of fused-ring (bicyclic) bond motifs is 1. The van der Waals surface area contributed by atoms with Crippen molar-refractivity contribution in [1.82, 2.24) is 4.90 Å². The van der Waals surface area contributed by atoms with Gasteiger partial charge in [0.1, 0.15) is 23.4 Å². The number of carbonyl (C=O) groups is 2. The van der Waals surface area contributed by atoms with Crippen molar-refractivity contribution in [3.8, 4) is 5.75 Å². The van der Waals surface area contributed by atoms with Gasteiger partial charge in [0.2, 0.25) is 0 Å². The number of nitrogens with zero attached hydrogens (tertiary/aromatic N) is 1. The SMILES string of the molecule is COc1ccc(COC(=O)C2=C(CCl)CS[C@@H]3[C@H]([NH3+])C(=O)N23)cc1Cl. The third kappa shape index (κ3) is 3.33. The average molecular weight is 404 g/mol. The topological polar surface area (TPSA) is 83.5 Å². The lowest BCUT2D eigenvalue weighted by atomic mass is 10.0. The highest BCUT2D eigenvalue weighted by Gasteiger charge is 2.54. The minimum absolute atomic E-state index is 0.0370. The molecule has 1 aromatic carbocycles. The number of esters is 1. The van der Waals surface area contributed by atoms with E-state index >= 15 is 0 Å². The van der Waals surface area contributed by atoms with E-state index in [2.05, 4.69) is 5.73 Å². The number of methoxy groups -OCH3 is 1. The van der Waals surface area contributed by atoms with Crippen molar-refractivity contribution in [1.29, 1.82) is 0 Å². The molecule has 1 amide bonds. The number of ether oxygens (including phenoxy) is 2. The summed E-state index contributed by atoms with van der Waals surface area (Å²) in [7, 11) is 1.53. The van der Waals surface area contributed by atoms with Gasteiger partial charge < -0.3 is 15.2 Å². The minimum Gasteiger partial charge on any atom is -0.495 e. The summed E-state index contributed by atoms with van der Waals surface area (Å²) < 4.78 is 10.5. The molecule has 3 rings (SSSR count). The fraction of sp³-hybridized carbons (Fsp3) is 0.375. The number of carbonyl (C=O) groups excluding carboxylic acids is 2. The molecule has 134 valence electrons. The van der Waals surface area contributed by atoms with E-state index < -0.39 is 5.97 Å². The number of rotatable bonds is 5. The summed E-state index contributed by atoms with van der Waals surface area (Å²) in [4.78, 5) is 26.1. The summed E-state index contributed by atoms with van der Waals surface area (Å²) in [5, 5.41) is 0.307. The quantitative estimate of drug-likeness (QED) is 0.456. The molecule has 0 aromatic heterocycles. The van der Waals surface area contributed by atoms with Gasteiger partial charge in [-0.15, -0.1) is 23.4 Å². The Hall–Kier alpha value is -1.41. The molecule has 0 bridgehead atoms. The van der Waals surface area contributed by atoms with Gasteiger partial charge in [-0.2, -0.15) is 0 Å². The Kier molecular flexibility index (Phi) is 5.48. The number of thioether (sulfide) groups is 1. The summed E-state index contributed by atoms with van der Waals surface area (Å²) in [5.41, 5.74) is 5.50. The van der Waals surface area contributed by atoms with Gasteiger partial charge in [-0.05, 0) is 23.3 Å². The Morgan fingerprint density at radius 2 is 2.24 bits per heavy atom. The van der Waals surface area contributed by atoms with Crippen LogP contribution < -0.4 is 10.5 Å². The van der Waals surface area contributed by atoms with E-state index in [-0.39, 0.29) is 35.5 Å². The molecule has 6 nitrogen and oxygen atoms in total. The van der Waals surface area contributed by atoms with E-state index in [1.165, 1.54) is 12.0 Å². The van der Waals surface area contributed by atoms with Crippen LogP contribution >= 0.6 is 35.0 Å². The van der Waals surface area contributed by atoms with Gasteiger partial charge in [0.15, 0.2) is 6.04 Å². The maximum atomic E-state index is 12.6. The predicted octanol–water partition coefficient (Wildman–Crippen LogP) is 1.41. The van der Waals surface area contributed by atoms with Crippen molar-refractivity contribution in [2.24, 2.45) is 0 Å². The van der Waals surface area contributed by atoms with Crippen molar-refractivity contribution in [2.75, 3.05) is 18.7 Å². The lowest BCUT2D eigenvalue weighted by Gasteiger charge is -2.45. The van der Waals surface area contributed by atoms with E-state index in [9.17, 15) is 9.59 Å². The molecule has 2 atom stereocenters. The molecule has 2 aliphatic heterocycles. The Bertz CT molecular complexity index is 756. The first-order valence-corrected chi connectivity index (χ1v) is 9.49. The van der Waals surface area contributed by atoms with Crippen LogP contribution in [0.3, 0.4) is 0 Å². The zero-order valence-corrected chi connectivity index (χ0v) is 15.8. The summed E-state index contributed by atoms with van der Waals surface area (Å²) in [5.74, 6) is 0.559. The lowest BCUT2D eigenvalue weighted by Crippen LogP contribution is -2.83. The Morgan fingerprint density at radius 3 is 2.88 bits per heavy atom. The molecule has 25 heavy (non-hydrogen) atoms. The third-order valence-electron chi connectivity index (χ3n) is 4.10. The summed E-state index contributed by atoms with van der Waals surface area (Å²) >= 11 is 13.6. The van der Waals surface area contributed by atoms with Crippen molar-refractivity contribution in [2.45, 2.75) is 18.0 Å². The standard InChI is InChI=1S/C16H16Cl2N2O4S/c1-23-11-3-2-8(4-10(11)18)6-24-16(22)13-9(5-17)7-25-15-12(19)14(21)20(13)15/h2-4,12,15H,5-7,19H2,1H3/p+1/t12-,15-/m1/s1. The van der Waals surface area contributed by atoms with Crippen LogP contribution in [0, 0.1) is 0 Å². The van der Waals surface area contributed by atoms with Gasteiger partial charge in [-0.1, -0.05) is 17.7 Å². The van der Waals surface area contributed by atoms with Gasteiger partial charge >= 0.3 is 5.97 Å². The van der Waals surface area contributed by atoms with Crippen LogP contribution in [0.1, 0.15) is 5.56 Å². The van der Waals surface area contributed by atoms with E-state index in [4.69, 9.17) is 32.7 Å². The lowest BCUT2D eigenvalue weighted by molar-refractivity contribution is -0.423. The van der Waals surface area contributed by atoms with E-state index in [0.717, 1.165) is 5.56 Å². The Balaban J connectivity index is 1.74. The smallest absolute Gasteiger partial charge is 0.355 e. The average Bonchev–Trinajstić information content (AvgIpc) is 2.64. The molecule has 0 spiro atoms. The molecule has 1 saturated heterocycles. The van der Waals surface area contributed by atoms with Gasteiger partial charge in [-0.3, -0.25) is 9.69 Å². The third-order valence-corrected chi connectivity index (χ3v) is 6.11. The number of hydrogen-bond acceptors (Lipinski definition) is 5. The molecule has 2 heterocycles. The fourth-order valence-corrected chi connectivity index (χ4v) is 4.67. The van der Waals surface area contributed by atoms with Crippen LogP contribution in [-0.4, -0.2) is 46.9 Å². The zero-order chi connectivity index (χ0) is 18.1. The zero-order valence-electron chi connectivity index (χ0n) is 13.5. The van der Waals surface area contributed by atoms with Gasteiger partial charge in [0, 0.05) is 11.6 Å². The van der Waals surface area contributed by atoms with Crippen molar-refractivity contribution in [3.63, 3.8) is 0 Å². The molecule has 0 radical (unpaired) electrons. The van der Waals surface area contributed by atoms with Crippen molar-refractivity contribution < 1.29 is 24.8 Å². The first-order chi connectivity index (χ1) is 12.0. The van der Waals surface area contributed by atoms with Gasteiger partial charge in [0.05, 0.1) is 12.1 Å². The van der Waals surface area contributed by atoms with Crippen LogP contribution in [0.2, 0.25) is 5.02 Å². The molecular weight excluding hydrogens is 387 g/mol. The maximum Gasteiger partial charge on any atom is 0.355 e. The second kappa shape index (κ2) is 7.45. The van der Waals surface area contributed by atoms with E-state index in [1.54, 1.807) is 30.0 Å². The molecule has 0 unspecified atom stereocenters. The number of amides is 1. The number of quaternary nitrogens is 1. The van der Waals surface area contributed by atoms with Crippen LogP contribution in [0.4, 0.5) is 0 Å². The van der Waals surface area contributed by atoms with Crippen LogP contribution in [-0.2, 0) is 20.9 Å². The monoisotopic (exact) mass is 403 g/mol. The number of benzene rings is 1. The number of β-lactam (4-membered cyclic amide) rings is 1. The Labute approximate surface area is 159 Å².